The third-order valence-electron chi connectivity index (χ3n) is 1.88. The molecule has 0 unspecified atom stereocenters. The van der Waals surface area contributed by atoms with E-state index in [-0.39, 0.29) is 0 Å². The van der Waals surface area contributed by atoms with Crippen molar-refractivity contribution in [2.75, 3.05) is 0 Å². The fourth-order valence-electron chi connectivity index (χ4n) is 1.27. The van der Waals surface area contributed by atoms with E-state index in [1.165, 1.54) is 11.3 Å². The molecule has 3 aromatic rings. The Labute approximate surface area is 96.7 Å². The normalized spacial score (nSPS) is 11.0. The summed E-state index contributed by atoms with van der Waals surface area (Å²) in [6.45, 7) is 0. The largest absolute Gasteiger partial charge is 0.271 e. The van der Waals surface area contributed by atoms with Gasteiger partial charge in [0, 0.05) is 17.8 Å². The minimum atomic E-state index is 0.610. The lowest BCUT2D eigenvalue weighted by molar-refractivity contribution is 1.10. The molecule has 0 atom stereocenters. The van der Waals surface area contributed by atoms with E-state index >= 15 is 0 Å². The van der Waals surface area contributed by atoms with E-state index in [9.17, 15) is 0 Å². The molecular weight excluding hydrogens is 278 g/mol. The van der Waals surface area contributed by atoms with E-state index in [1.807, 2.05) is 5.38 Å². The van der Waals surface area contributed by atoms with Gasteiger partial charge < -0.3 is 0 Å². The Morgan fingerprint density at radius 2 is 2.13 bits per heavy atom. The zero-order valence-corrected chi connectivity index (χ0v) is 9.71. The van der Waals surface area contributed by atoms with Crippen molar-refractivity contribution in [3.05, 3.63) is 22.4 Å². The number of rotatable bonds is 1. The summed E-state index contributed by atoms with van der Waals surface area (Å²) in [6, 6.07) is 0. The first-order valence-corrected chi connectivity index (χ1v) is 5.78. The molecule has 0 bridgehead atoms. The van der Waals surface area contributed by atoms with Gasteiger partial charge in [0.1, 0.15) is 20.8 Å². The van der Waals surface area contributed by atoms with Crippen LogP contribution in [0.2, 0.25) is 0 Å². The Morgan fingerprint density at radius 1 is 1.27 bits per heavy atom. The van der Waals surface area contributed by atoms with E-state index < -0.39 is 0 Å². The Morgan fingerprint density at radius 3 is 2.93 bits per heavy atom. The van der Waals surface area contributed by atoms with Gasteiger partial charge in [0.2, 0.25) is 0 Å². The number of nitrogens with zero attached hydrogens (tertiary/aromatic N) is 4. The summed E-state index contributed by atoms with van der Waals surface area (Å²) in [4.78, 5) is 12.6. The summed E-state index contributed by atoms with van der Waals surface area (Å²) in [6.07, 6.45) is 3.26. The number of hydrogen-bond acceptors (Lipinski definition) is 5. The van der Waals surface area contributed by atoms with Crippen molar-refractivity contribution in [3.8, 4) is 10.7 Å². The fourth-order valence-corrected chi connectivity index (χ4v) is 2.52. The molecule has 5 nitrogen and oxygen atoms in total. The van der Waals surface area contributed by atoms with Crippen LogP contribution in [0.4, 0.5) is 0 Å². The van der Waals surface area contributed by atoms with Gasteiger partial charge >= 0.3 is 0 Å². The SMILES string of the molecule is Brc1csc(-c2[nH]nc3nccnc23)n1. The molecule has 1 N–H and O–H groups in total. The molecule has 0 aliphatic rings. The van der Waals surface area contributed by atoms with Crippen molar-refractivity contribution in [2.45, 2.75) is 0 Å². The summed E-state index contributed by atoms with van der Waals surface area (Å²) < 4.78 is 0.814. The van der Waals surface area contributed by atoms with Crippen molar-refractivity contribution in [2.24, 2.45) is 0 Å². The van der Waals surface area contributed by atoms with Gasteiger partial charge in [-0.25, -0.2) is 15.0 Å². The predicted octanol–water partition coefficient (Wildman–Crippen LogP) is 2.24. The van der Waals surface area contributed by atoms with E-state index in [0.29, 0.717) is 5.65 Å². The van der Waals surface area contributed by atoms with Gasteiger partial charge in [0.15, 0.2) is 5.65 Å². The summed E-state index contributed by atoms with van der Waals surface area (Å²) in [5.41, 5.74) is 2.17. The van der Waals surface area contributed by atoms with Crippen LogP contribution in [0, 0.1) is 0 Å². The highest BCUT2D eigenvalue weighted by Crippen LogP contribution is 2.28. The van der Waals surface area contributed by atoms with E-state index in [0.717, 1.165) is 20.8 Å². The van der Waals surface area contributed by atoms with Gasteiger partial charge in [-0.15, -0.1) is 11.3 Å². The zero-order valence-electron chi connectivity index (χ0n) is 7.31. The molecule has 0 aliphatic carbocycles. The van der Waals surface area contributed by atoms with Gasteiger partial charge in [0.05, 0.1) is 0 Å². The maximum atomic E-state index is 4.30. The lowest BCUT2D eigenvalue weighted by Crippen LogP contribution is -1.80. The van der Waals surface area contributed by atoms with Crippen LogP contribution in [0.15, 0.2) is 22.4 Å². The second-order valence-corrected chi connectivity index (χ2v) is 4.47. The third kappa shape index (κ3) is 1.44. The van der Waals surface area contributed by atoms with Crippen molar-refractivity contribution in [1.29, 1.82) is 0 Å². The molecule has 3 rings (SSSR count). The first-order valence-electron chi connectivity index (χ1n) is 4.11. The van der Waals surface area contributed by atoms with Crippen LogP contribution in [0.3, 0.4) is 0 Å². The van der Waals surface area contributed by atoms with E-state index in [1.54, 1.807) is 12.4 Å². The summed E-state index contributed by atoms with van der Waals surface area (Å²) in [5.74, 6) is 0. The topological polar surface area (TPSA) is 67.3 Å². The number of aromatic nitrogens is 5. The highest BCUT2D eigenvalue weighted by atomic mass is 79.9. The predicted molar refractivity (Wildman–Crippen MR) is 60.5 cm³/mol. The van der Waals surface area contributed by atoms with E-state index in [4.69, 9.17) is 0 Å². The number of thiazole rings is 1. The maximum absolute atomic E-state index is 4.30. The second kappa shape index (κ2) is 3.35. The molecule has 0 aromatic carbocycles. The minimum absolute atomic E-state index is 0.610. The molecule has 15 heavy (non-hydrogen) atoms. The van der Waals surface area contributed by atoms with Crippen LogP contribution in [-0.4, -0.2) is 25.1 Å². The van der Waals surface area contributed by atoms with Crippen LogP contribution in [-0.2, 0) is 0 Å². The third-order valence-corrected chi connectivity index (χ3v) is 3.45. The highest BCUT2D eigenvalue weighted by molar-refractivity contribution is 9.10. The molecule has 0 radical (unpaired) electrons. The van der Waals surface area contributed by atoms with Crippen molar-refractivity contribution in [3.63, 3.8) is 0 Å². The van der Waals surface area contributed by atoms with Crippen LogP contribution in [0.1, 0.15) is 0 Å². The first-order chi connectivity index (χ1) is 7.34. The van der Waals surface area contributed by atoms with Crippen LogP contribution in [0.5, 0.6) is 0 Å². The van der Waals surface area contributed by atoms with Gasteiger partial charge in [-0.05, 0) is 15.9 Å². The number of aromatic amines is 1. The molecule has 0 fully saturated rings. The standard InChI is InChI=1S/C8H4BrN5S/c9-4-3-15-8(12-4)6-5-7(14-13-6)11-2-1-10-5/h1-3H,(H,11,13,14). The highest BCUT2D eigenvalue weighted by Gasteiger charge is 2.12. The molecule has 0 spiro atoms. The average molecular weight is 282 g/mol. The molecular formula is C8H4BrN5S. The molecule has 3 heterocycles. The number of halogens is 1. The molecule has 3 aromatic heterocycles. The van der Waals surface area contributed by atoms with E-state index in [2.05, 4.69) is 41.1 Å². The molecule has 7 heteroatoms. The summed E-state index contributed by atoms with van der Waals surface area (Å²) >= 11 is 4.84. The average Bonchev–Trinajstić information content (AvgIpc) is 2.83. The minimum Gasteiger partial charge on any atom is -0.271 e. The van der Waals surface area contributed by atoms with Crippen molar-refractivity contribution >= 4 is 38.4 Å². The first kappa shape index (κ1) is 8.93. The Bertz CT molecular complexity index is 616. The van der Waals surface area contributed by atoms with Gasteiger partial charge in [-0.1, -0.05) is 0 Å². The Hall–Kier alpha value is -1.34. The molecule has 0 aliphatic heterocycles. The Balaban J connectivity index is 2.27. The number of H-pyrrole nitrogens is 1. The van der Waals surface area contributed by atoms with Gasteiger partial charge in [-0.3, -0.25) is 5.10 Å². The second-order valence-electron chi connectivity index (χ2n) is 2.80. The van der Waals surface area contributed by atoms with Crippen LogP contribution >= 0.6 is 27.3 Å². The maximum Gasteiger partial charge on any atom is 0.200 e. The molecule has 0 saturated carbocycles. The number of hydrogen-bond donors (Lipinski definition) is 1. The monoisotopic (exact) mass is 281 g/mol. The fraction of sp³-hybridized carbons (Fsp3) is 0. The van der Waals surface area contributed by atoms with Gasteiger partial charge in [-0.2, -0.15) is 5.10 Å². The molecule has 74 valence electrons. The van der Waals surface area contributed by atoms with Crippen molar-refractivity contribution in [1.82, 2.24) is 25.1 Å². The zero-order chi connectivity index (χ0) is 10.3. The van der Waals surface area contributed by atoms with Crippen LogP contribution < -0.4 is 0 Å². The quantitative estimate of drug-likeness (QED) is 0.743. The lowest BCUT2D eigenvalue weighted by atomic mass is 10.4. The van der Waals surface area contributed by atoms with Crippen LogP contribution in [0.25, 0.3) is 21.9 Å². The Kier molecular flexibility index (Phi) is 2.00. The van der Waals surface area contributed by atoms with Crippen molar-refractivity contribution < 1.29 is 0 Å². The lowest BCUT2D eigenvalue weighted by Gasteiger charge is -1.89. The molecule has 0 amide bonds. The number of fused-ring (bicyclic) bond motifs is 1. The smallest absolute Gasteiger partial charge is 0.200 e. The summed E-state index contributed by atoms with van der Waals surface area (Å²) in [7, 11) is 0. The van der Waals surface area contributed by atoms with Gasteiger partial charge in [0.25, 0.3) is 0 Å². The number of nitrogens with one attached hydrogen (secondary N) is 1. The summed E-state index contributed by atoms with van der Waals surface area (Å²) in [5, 5.41) is 9.72. The molecule has 0 saturated heterocycles.